The Morgan fingerprint density at radius 3 is 1.67 bits per heavy atom. The molecule has 25 heteroatoms. The first kappa shape index (κ1) is 78.1. The number of Topliss-reactive ketones (excluding diaryl/α,β-unsaturated/α-hetero) is 2. The van der Waals surface area contributed by atoms with Crippen molar-refractivity contribution in [3.05, 3.63) is 165 Å². The second-order valence-electron chi connectivity index (χ2n) is 26.6. The van der Waals surface area contributed by atoms with Gasteiger partial charge in [0.15, 0.2) is 29.9 Å². The number of benzene rings is 6. The summed E-state index contributed by atoms with van der Waals surface area (Å²) in [5.41, 5.74) is 6.58. The molecular weight excluding hydrogens is 1330 g/mol. The fourth-order valence-corrected chi connectivity index (χ4v) is 12.0. The van der Waals surface area contributed by atoms with Crippen LogP contribution in [0.15, 0.2) is 126 Å². The fourth-order valence-electron chi connectivity index (χ4n) is 10.9. The number of carbonyl (C=O) groups is 6. The molecule has 6 aromatic carbocycles. The van der Waals surface area contributed by atoms with Gasteiger partial charge >= 0.3 is 6.03 Å². The summed E-state index contributed by atoms with van der Waals surface area (Å²) in [7, 11) is -3.37. The van der Waals surface area contributed by atoms with E-state index in [1.54, 1.807) is 90.9 Å². The molecule has 0 saturated carbocycles. The molecule has 5 N–H and O–H groups in total. The largest absolute Gasteiger partial charge is 0.465 e. The molecule has 2 aliphatic heterocycles. The molecule has 8 rings (SSSR count). The number of nitrogens with one attached hydrogen (secondary N) is 5. The van der Waals surface area contributed by atoms with Crippen LogP contribution >= 0.6 is 23.2 Å². The van der Waals surface area contributed by atoms with E-state index in [1.807, 2.05) is 128 Å². The molecule has 5 amide bonds. The lowest BCUT2D eigenvalue weighted by Crippen LogP contribution is -2.55. The van der Waals surface area contributed by atoms with Crippen molar-refractivity contribution in [1.82, 2.24) is 19.0 Å². The Bertz CT molecular complexity index is 4070. The van der Waals surface area contributed by atoms with Crippen molar-refractivity contribution < 1.29 is 60.9 Å². The lowest BCUT2D eigenvalue weighted by molar-refractivity contribution is -0.149. The highest BCUT2D eigenvalue weighted by molar-refractivity contribution is 7.88. The average Bonchev–Trinajstić information content (AvgIpc) is 1.59. The zero-order valence-electron chi connectivity index (χ0n) is 59.4. The topological polar surface area (TPSA) is 262 Å². The van der Waals surface area contributed by atoms with Crippen molar-refractivity contribution in [3.8, 4) is 11.5 Å². The van der Waals surface area contributed by atoms with Crippen LogP contribution in [0.5, 0.6) is 11.5 Å². The van der Waals surface area contributed by atoms with Crippen LogP contribution in [0, 0.1) is 45.4 Å². The van der Waals surface area contributed by atoms with Crippen LogP contribution in [0.1, 0.15) is 115 Å². The van der Waals surface area contributed by atoms with E-state index < -0.39 is 81.0 Å². The van der Waals surface area contributed by atoms with Crippen LogP contribution in [0.3, 0.4) is 0 Å². The number of likely N-dealkylation sites (N-methyl/N-ethyl adjacent to an activating group) is 1. The number of imide groups is 1. The molecular formula is C74H94Cl2N9O13S+. The van der Waals surface area contributed by atoms with Gasteiger partial charge in [0.05, 0.1) is 46.5 Å². The first-order valence-electron chi connectivity index (χ1n) is 32.9. The third-order valence-electron chi connectivity index (χ3n) is 16.5. The monoisotopic (exact) mass is 1420 g/mol. The Morgan fingerprint density at radius 1 is 0.667 bits per heavy atom. The Balaban J connectivity index is 0.000000278. The Morgan fingerprint density at radius 2 is 1.20 bits per heavy atom. The van der Waals surface area contributed by atoms with Crippen molar-refractivity contribution in [2.24, 2.45) is 15.8 Å². The van der Waals surface area contributed by atoms with Gasteiger partial charge < -0.3 is 45.0 Å². The van der Waals surface area contributed by atoms with Crippen molar-refractivity contribution in [3.63, 3.8) is 0 Å². The van der Waals surface area contributed by atoms with E-state index in [0.717, 1.165) is 56.8 Å². The number of amides is 5. The van der Waals surface area contributed by atoms with Crippen LogP contribution in [0.2, 0.25) is 10.0 Å². The molecule has 6 unspecified atom stereocenters. The summed E-state index contributed by atoms with van der Waals surface area (Å²) >= 11 is 13.0. The first-order valence-corrected chi connectivity index (χ1v) is 35.6. The number of quaternary nitrogens is 1. The number of aryl methyl sites for hydroxylation is 5. The van der Waals surface area contributed by atoms with Gasteiger partial charge in [0.1, 0.15) is 30.6 Å². The normalized spacial score (nSPS) is 17.2. The molecule has 2 aliphatic rings. The molecule has 532 valence electrons. The van der Waals surface area contributed by atoms with E-state index in [9.17, 15) is 37.2 Å². The number of urea groups is 1. The van der Waals surface area contributed by atoms with Crippen molar-refractivity contribution in [2.45, 2.75) is 154 Å². The Hall–Kier alpha value is -8.26. The molecule has 99 heavy (non-hydrogen) atoms. The van der Waals surface area contributed by atoms with Gasteiger partial charge in [0.2, 0.25) is 35.0 Å². The Kier molecular flexibility index (Phi) is 26.6. The van der Waals surface area contributed by atoms with Crippen LogP contribution in [-0.4, -0.2) is 130 Å². The summed E-state index contributed by atoms with van der Waals surface area (Å²) in [5.74, 6) is -1.95. The zero-order chi connectivity index (χ0) is 72.9. The minimum atomic E-state index is -3.37. The third-order valence-corrected chi connectivity index (χ3v) is 17.8. The maximum absolute atomic E-state index is 14.0. The molecule has 2 heterocycles. The summed E-state index contributed by atoms with van der Waals surface area (Å²) in [6.07, 6.45) is -0.165. The van der Waals surface area contributed by atoms with Crippen LogP contribution in [0.25, 0.3) is 0 Å². The molecule has 0 radical (unpaired) electrons. The van der Waals surface area contributed by atoms with E-state index in [4.69, 9.17) is 46.9 Å². The standard InChI is InChI=1S/C37H48ClN5O6S.C37H45ClN4O7/c1-10-33(49-31-17-12-23(3)18-25(31)5)48-22-39-26-13-15-28(38)30(20-26)41-36(45)34(35(44)37(6,7)8)40-29-16-14-27(19-24(29)4)43(11-2)21-32(43)42-50(9,46)47;1-8-30(49-29-18-15-23(3)19-24(29)4)48-22-39-26-16-17-27(38)28(20-26)40-33(44)31(32(43)37(5,6)7)42-34(45)35(47-9-2)41(36(42)46)21-25-13-11-10-12-14-25/h12-20,32-33,39,42H,10-11,21-22H2,1-9H3;10-20,30-31,35,39H,8-9,21-22H2,1-7H3,(H,40,44)/p+1. The number of ether oxygens (including phenoxy) is 5. The number of rotatable bonds is 30. The average molecular weight is 1420 g/mol. The van der Waals surface area contributed by atoms with Gasteiger partial charge in [-0.05, 0) is 125 Å². The SMILES string of the molecule is CCC(OCNc1ccc(Cl)c(NC(=O)C(=Nc2ccc([N+]3(CC)CC3NS(C)(=O)=O)cc2C)C(=O)C(C)(C)C)c1)Oc1ccc(C)cc1C.CCOC1C(=O)N(C(C(=O)Nc2cc(NCOC(CC)Oc3ccc(C)cc3C)ccc2Cl)C(=O)C(C)(C)C)C(=O)N1Cc1ccccc1. The number of carbonyl (C=O) groups excluding carboxylic acids is 6. The maximum atomic E-state index is 14.0. The molecule has 0 aromatic heterocycles. The highest BCUT2D eigenvalue weighted by atomic mass is 35.5. The zero-order valence-corrected chi connectivity index (χ0v) is 61.7. The van der Waals surface area contributed by atoms with E-state index in [2.05, 4.69) is 37.0 Å². The molecule has 6 aromatic rings. The van der Waals surface area contributed by atoms with E-state index in [-0.39, 0.29) is 54.2 Å². The molecule has 0 aliphatic carbocycles. The smallest absolute Gasteiger partial charge is 0.330 e. The minimum absolute atomic E-state index is 0.0425. The highest BCUT2D eigenvalue weighted by Crippen LogP contribution is 2.40. The van der Waals surface area contributed by atoms with Gasteiger partial charge in [-0.15, -0.1) is 0 Å². The molecule has 0 spiro atoms. The number of hydrogen-bond donors (Lipinski definition) is 5. The van der Waals surface area contributed by atoms with Gasteiger partial charge in [-0.3, -0.25) is 33.4 Å². The second kappa shape index (κ2) is 33.7. The minimum Gasteiger partial charge on any atom is -0.465 e. The van der Waals surface area contributed by atoms with Crippen molar-refractivity contribution in [2.75, 3.05) is 60.7 Å². The van der Waals surface area contributed by atoms with Gasteiger partial charge in [0.25, 0.3) is 17.7 Å². The van der Waals surface area contributed by atoms with Crippen molar-refractivity contribution in [1.29, 1.82) is 0 Å². The number of hydrogen-bond acceptors (Lipinski definition) is 16. The fraction of sp³-hybridized carbons (Fsp3) is 0.419. The maximum Gasteiger partial charge on any atom is 0.330 e. The Labute approximate surface area is 592 Å². The number of halogens is 2. The lowest BCUT2D eigenvalue weighted by Gasteiger charge is -2.29. The van der Waals surface area contributed by atoms with E-state index >= 15 is 0 Å². The summed E-state index contributed by atoms with van der Waals surface area (Å²) < 4.78 is 56.5. The van der Waals surface area contributed by atoms with Crippen LogP contribution in [0.4, 0.5) is 38.9 Å². The van der Waals surface area contributed by atoms with Gasteiger partial charge in [-0.1, -0.05) is 144 Å². The molecule has 0 bridgehead atoms. The summed E-state index contributed by atoms with van der Waals surface area (Å²) in [6.45, 7) is 29.2. The van der Waals surface area contributed by atoms with Crippen LogP contribution < -0.4 is 39.9 Å². The van der Waals surface area contributed by atoms with Gasteiger partial charge in [0, 0.05) is 53.8 Å². The molecule has 6 atom stereocenters. The number of sulfonamides is 1. The molecule has 22 nitrogen and oxygen atoms in total. The molecule has 2 fully saturated rings. The number of nitrogens with zero attached hydrogens (tertiary/aromatic N) is 4. The van der Waals surface area contributed by atoms with Crippen molar-refractivity contribution >= 4 is 108 Å². The number of ketones is 2. The predicted octanol–water partition coefficient (Wildman–Crippen LogP) is 13.9. The van der Waals surface area contributed by atoms with E-state index in [1.165, 1.54) is 4.90 Å². The third kappa shape index (κ3) is 20.7. The quantitative estimate of drug-likeness (QED) is 0.00701. The summed E-state index contributed by atoms with van der Waals surface area (Å²) in [5, 5.41) is 12.2. The lowest BCUT2D eigenvalue weighted by atomic mass is 9.85. The summed E-state index contributed by atoms with van der Waals surface area (Å²) in [6, 6.07) is 33.8. The van der Waals surface area contributed by atoms with E-state index in [0.29, 0.717) is 58.1 Å². The molecule has 2 saturated heterocycles. The predicted molar refractivity (Wildman–Crippen MR) is 390 cm³/mol. The van der Waals surface area contributed by atoms with Gasteiger partial charge in [-0.25, -0.2) is 23.1 Å². The van der Waals surface area contributed by atoms with Gasteiger partial charge in [-0.2, -0.15) is 4.72 Å². The number of anilines is 4. The second-order valence-corrected chi connectivity index (χ2v) is 29.2. The highest BCUT2D eigenvalue weighted by Gasteiger charge is 2.57. The first-order chi connectivity index (χ1) is 46.6. The van der Waals surface area contributed by atoms with Crippen LogP contribution in [-0.2, 0) is 54.8 Å². The summed E-state index contributed by atoms with van der Waals surface area (Å²) in [4.78, 5) is 89.3. The number of aliphatic imine (C=N–C) groups is 1.